The average Bonchev–Trinajstić information content (AvgIpc) is 2.61. The van der Waals surface area contributed by atoms with Crippen LogP contribution in [0.25, 0.3) is 0 Å². The first-order chi connectivity index (χ1) is 12.8. The molecule has 1 fully saturated rings. The minimum atomic E-state index is -3.11. The topological polar surface area (TPSA) is 119 Å². The number of rotatable bonds is 5. The summed E-state index contributed by atoms with van der Waals surface area (Å²) in [7, 11) is 0. The third-order valence-corrected chi connectivity index (χ3v) is 4.39. The molecule has 2 aromatic rings. The van der Waals surface area contributed by atoms with E-state index in [2.05, 4.69) is 20.6 Å². The van der Waals surface area contributed by atoms with E-state index in [0.717, 1.165) is 6.07 Å². The summed E-state index contributed by atoms with van der Waals surface area (Å²) in [4.78, 5) is 19.5. The fourth-order valence-corrected chi connectivity index (χ4v) is 3.02. The standard InChI is InChI=1S/C17H19F3N6O/c18-11-7-10(14(22)27)15(24-9-3-2-6-23-8-9)26-16(11)25-13-12(21)4-1-5-17(13,19)20/h2-3,6-8,12-13H,1,4-5,21H2,(H2,22,27)(H2,24,25,26)/t12-,13-/m0/s1. The van der Waals surface area contributed by atoms with Crippen molar-refractivity contribution in [2.24, 2.45) is 11.5 Å². The average molecular weight is 380 g/mol. The number of amides is 1. The minimum absolute atomic E-state index is 0.0768. The number of carbonyl (C=O) groups excluding carboxylic acids is 1. The number of primary amides is 1. The van der Waals surface area contributed by atoms with E-state index in [9.17, 15) is 18.0 Å². The molecule has 0 unspecified atom stereocenters. The zero-order valence-electron chi connectivity index (χ0n) is 14.3. The molecule has 0 saturated heterocycles. The Hall–Kier alpha value is -2.88. The van der Waals surface area contributed by atoms with Crippen molar-refractivity contribution in [2.75, 3.05) is 10.6 Å². The first-order valence-corrected chi connectivity index (χ1v) is 8.35. The lowest BCUT2D eigenvalue weighted by Gasteiger charge is -2.36. The molecule has 3 rings (SSSR count). The molecule has 0 aliphatic heterocycles. The van der Waals surface area contributed by atoms with Gasteiger partial charge < -0.3 is 22.1 Å². The Morgan fingerprint density at radius 2 is 2.11 bits per heavy atom. The predicted molar refractivity (Wildman–Crippen MR) is 94.4 cm³/mol. The van der Waals surface area contributed by atoms with Crippen molar-refractivity contribution in [1.82, 2.24) is 9.97 Å². The van der Waals surface area contributed by atoms with Crippen molar-refractivity contribution in [3.63, 3.8) is 0 Å². The minimum Gasteiger partial charge on any atom is -0.365 e. The zero-order chi connectivity index (χ0) is 19.6. The van der Waals surface area contributed by atoms with Crippen LogP contribution in [-0.2, 0) is 0 Å². The number of nitrogens with one attached hydrogen (secondary N) is 2. The molecule has 144 valence electrons. The van der Waals surface area contributed by atoms with Gasteiger partial charge in [-0.15, -0.1) is 0 Å². The van der Waals surface area contributed by atoms with E-state index in [1.54, 1.807) is 12.1 Å². The molecule has 10 heteroatoms. The van der Waals surface area contributed by atoms with Crippen LogP contribution >= 0.6 is 0 Å². The van der Waals surface area contributed by atoms with E-state index in [4.69, 9.17) is 11.5 Å². The summed E-state index contributed by atoms with van der Waals surface area (Å²) in [5, 5.41) is 5.20. The summed E-state index contributed by atoms with van der Waals surface area (Å²) in [5.74, 6) is -5.51. The smallest absolute Gasteiger partial charge is 0.269 e. The monoisotopic (exact) mass is 380 g/mol. The normalized spacial score (nSPS) is 21.5. The summed E-state index contributed by atoms with van der Waals surface area (Å²) < 4.78 is 42.8. The van der Waals surface area contributed by atoms with Gasteiger partial charge in [0.25, 0.3) is 11.8 Å². The molecule has 1 amide bonds. The van der Waals surface area contributed by atoms with Gasteiger partial charge in [-0.3, -0.25) is 9.78 Å². The van der Waals surface area contributed by atoms with Crippen molar-refractivity contribution in [3.8, 4) is 0 Å². The van der Waals surface area contributed by atoms with Gasteiger partial charge in [0, 0.05) is 18.7 Å². The van der Waals surface area contributed by atoms with Gasteiger partial charge in [-0.05, 0) is 31.0 Å². The van der Waals surface area contributed by atoms with Crippen molar-refractivity contribution < 1.29 is 18.0 Å². The van der Waals surface area contributed by atoms with Crippen LogP contribution in [0.4, 0.5) is 30.5 Å². The number of nitrogens with zero attached hydrogens (tertiary/aromatic N) is 2. The van der Waals surface area contributed by atoms with E-state index in [-0.39, 0.29) is 24.2 Å². The SMILES string of the molecule is NC(=O)c1cc(F)c(N[C@H]2[C@@H](N)CCCC2(F)F)nc1Nc1cccnc1. The Balaban J connectivity index is 1.96. The molecule has 6 N–H and O–H groups in total. The first-order valence-electron chi connectivity index (χ1n) is 8.35. The summed E-state index contributed by atoms with van der Waals surface area (Å²) >= 11 is 0. The van der Waals surface area contributed by atoms with Gasteiger partial charge in [0.2, 0.25) is 0 Å². The highest BCUT2D eigenvalue weighted by molar-refractivity contribution is 5.98. The van der Waals surface area contributed by atoms with Gasteiger partial charge in [0.05, 0.1) is 17.4 Å². The van der Waals surface area contributed by atoms with Crippen LogP contribution in [0, 0.1) is 5.82 Å². The highest BCUT2D eigenvalue weighted by Crippen LogP contribution is 2.35. The van der Waals surface area contributed by atoms with Crippen LogP contribution in [0.15, 0.2) is 30.6 Å². The largest absolute Gasteiger partial charge is 0.365 e. The van der Waals surface area contributed by atoms with Crippen LogP contribution in [0.3, 0.4) is 0 Å². The van der Waals surface area contributed by atoms with Gasteiger partial charge >= 0.3 is 0 Å². The Labute approximate surface area is 153 Å². The number of hydrogen-bond donors (Lipinski definition) is 4. The van der Waals surface area contributed by atoms with Crippen molar-refractivity contribution >= 4 is 23.2 Å². The van der Waals surface area contributed by atoms with Crippen LogP contribution in [0.5, 0.6) is 0 Å². The fraction of sp³-hybridized carbons (Fsp3) is 0.353. The fourth-order valence-electron chi connectivity index (χ4n) is 3.02. The summed E-state index contributed by atoms with van der Waals surface area (Å²) in [5.41, 5.74) is 11.3. The van der Waals surface area contributed by atoms with E-state index >= 15 is 0 Å². The van der Waals surface area contributed by atoms with Gasteiger partial charge in [0.1, 0.15) is 11.9 Å². The second kappa shape index (κ2) is 7.39. The molecule has 1 aliphatic carbocycles. The number of nitrogens with two attached hydrogens (primary N) is 2. The molecule has 0 aromatic carbocycles. The second-order valence-electron chi connectivity index (χ2n) is 6.39. The third kappa shape index (κ3) is 4.11. The Bertz CT molecular complexity index is 833. The molecule has 1 aliphatic rings. The lowest BCUT2D eigenvalue weighted by Crippen LogP contribution is -2.55. The maximum Gasteiger partial charge on any atom is 0.269 e. The number of hydrogen-bond acceptors (Lipinski definition) is 6. The summed E-state index contributed by atoms with van der Waals surface area (Å²) in [6.07, 6.45) is 3.32. The van der Waals surface area contributed by atoms with Gasteiger partial charge in [-0.2, -0.15) is 0 Å². The first kappa shape index (κ1) is 18.9. The van der Waals surface area contributed by atoms with Crippen LogP contribution in [-0.4, -0.2) is 33.9 Å². The molecule has 0 spiro atoms. The predicted octanol–water partition coefficient (Wildman–Crippen LogP) is 2.39. The number of halogens is 3. The van der Waals surface area contributed by atoms with E-state index < -0.39 is 35.5 Å². The molecule has 2 aromatic heterocycles. The molecular formula is C17H19F3N6O. The van der Waals surface area contributed by atoms with E-state index in [0.29, 0.717) is 12.1 Å². The number of alkyl halides is 2. The molecule has 2 atom stereocenters. The van der Waals surface area contributed by atoms with Crippen molar-refractivity contribution in [2.45, 2.75) is 37.3 Å². The highest BCUT2D eigenvalue weighted by atomic mass is 19.3. The lowest BCUT2D eigenvalue weighted by atomic mass is 9.87. The highest BCUT2D eigenvalue weighted by Gasteiger charge is 2.46. The number of anilines is 3. The second-order valence-corrected chi connectivity index (χ2v) is 6.39. The number of aromatic nitrogens is 2. The van der Waals surface area contributed by atoms with E-state index in [1.165, 1.54) is 12.4 Å². The van der Waals surface area contributed by atoms with Gasteiger partial charge in [-0.25, -0.2) is 18.2 Å². The van der Waals surface area contributed by atoms with Crippen LogP contribution in [0.2, 0.25) is 0 Å². The molecule has 1 saturated carbocycles. The molecule has 2 heterocycles. The summed E-state index contributed by atoms with van der Waals surface area (Å²) in [6, 6.07) is 1.79. The lowest BCUT2D eigenvalue weighted by molar-refractivity contribution is -0.0512. The number of carbonyl (C=O) groups is 1. The van der Waals surface area contributed by atoms with Gasteiger partial charge in [-0.1, -0.05) is 0 Å². The van der Waals surface area contributed by atoms with Crippen LogP contribution in [0.1, 0.15) is 29.6 Å². The van der Waals surface area contributed by atoms with Crippen molar-refractivity contribution in [1.29, 1.82) is 0 Å². The maximum atomic E-state index is 14.4. The van der Waals surface area contributed by atoms with Crippen LogP contribution < -0.4 is 22.1 Å². The Morgan fingerprint density at radius 3 is 2.74 bits per heavy atom. The molecule has 0 bridgehead atoms. The molecular weight excluding hydrogens is 361 g/mol. The summed E-state index contributed by atoms with van der Waals surface area (Å²) in [6.45, 7) is 0. The van der Waals surface area contributed by atoms with Gasteiger partial charge in [0.15, 0.2) is 11.6 Å². The third-order valence-electron chi connectivity index (χ3n) is 4.39. The van der Waals surface area contributed by atoms with Crippen molar-refractivity contribution in [3.05, 3.63) is 42.0 Å². The number of pyridine rings is 2. The quantitative estimate of drug-likeness (QED) is 0.632. The zero-order valence-corrected chi connectivity index (χ0v) is 14.3. The molecule has 0 radical (unpaired) electrons. The Morgan fingerprint density at radius 1 is 1.33 bits per heavy atom. The molecule has 27 heavy (non-hydrogen) atoms. The molecule has 7 nitrogen and oxygen atoms in total. The van der Waals surface area contributed by atoms with E-state index in [1.807, 2.05) is 0 Å². The maximum absolute atomic E-state index is 14.4. The Kier molecular flexibility index (Phi) is 5.17.